The second-order valence-corrected chi connectivity index (χ2v) is 8.04. The maximum atomic E-state index is 13.0. The molecule has 4 nitrogen and oxygen atoms in total. The zero-order valence-electron chi connectivity index (χ0n) is 15.0. The quantitative estimate of drug-likeness (QED) is 0.792. The molecule has 25 heavy (non-hydrogen) atoms. The molecule has 130 valence electrons. The summed E-state index contributed by atoms with van der Waals surface area (Å²) in [7, 11) is 0. The number of benzene rings is 1. The minimum Gasteiger partial charge on any atom is -0.455 e. The zero-order chi connectivity index (χ0) is 17.8. The van der Waals surface area contributed by atoms with Crippen molar-refractivity contribution < 1.29 is 14.0 Å². The Kier molecular flexibility index (Phi) is 3.60. The van der Waals surface area contributed by atoms with Gasteiger partial charge in [0.05, 0.1) is 5.56 Å². The van der Waals surface area contributed by atoms with Crippen molar-refractivity contribution in [3.05, 3.63) is 58.0 Å². The molecule has 4 rings (SSSR count). The summed E-state index contributed by atoms with van der Waals surface area (Å²) in [6.45, 7) is 7.24. The number of Topliss-reactive ketones (excluding diaryl/α,β-unsaturated/α-hetero) is 1. The van der Waals surface area contributed by atoms with Gasteiger partial charge in [-0.15, -0.1) is 0 Å². The number of furan rings is 1. The first kappa shape index (κ1) is 16.1. The number of amides is 1. The molecule has 0 bridgehead atoms. The van der Waals surface area contributed by atoms with Gasteiger partial charge in [0.2, 0.25) is 0 Å². The van der Waals surface area contributed by atoms with Crippen LogP contribution in [0.2, 0.25) is 0 Å². The molecule has 0 radical (unpaired) electrons. The Labute approximate surface area is 147 Å². The lowest BCUT2D eigenvalue weighted by molar-refractivity contribution is 0.0696. The molecule has 1 aromatic heterocycles. The van der Waals surface area contributed by atoms with Gasteiger partial charge >= 0.3 is 0 Å². The van der Waals surface area contributed by atoms with Gasteiger partial charge in [0.25, 0.3) is 5.91 Å². The molecule has 0 atom stereocenters. The third-order valence-corrected chi connectivity index (χ3v) is 5.39. The molecule has 0 unspecified atom stereocenters. The number of carbonyl (C=O) groups is 2. The average Bonchev–Trinajstić information content (AvgIpc) is 2.89. The van der Waals surface area contributed by atoms with Gasteiger partial charge in [-0.25, -0.2) is 0 Å². The summed E-state index contributed by atoms with van der Waals surface area (Å²) in [6.07, 6.45) is 2.06. The van der Waals surface area contributed by atoms with Crippen molar-refractivity contribution in [2.45, 2.75) is 46.6 Å². The van der Waals surface area contributed by atoms with Crippen LogP contribution in [-0.4, -0.2) is 23.1 Å². The van der Waals surface area contributed by atoms with Gasteiger partial charge in [-0.05, 0) is 29.9 Å². The van der Waals surface area contributed by atoms with Crippen molar-refractivity contribution in [1.82, 2.24) is 4.90 Å². The number of carbonyl (C=O) groups excluding carboxylic acids is 2. The van der Waals surface area contributed by atoms with Crippen LogP contribution in [0.15, 0.2) is 28.7 Å². The monoisotopic (exact) mass is 337 g/mol. The maximum absolute atomic E-state index is 13.0. The number of hydrogen-bond acceptors (Lipinski definition) is 3. The lowest BCUT2D eigenvalue weighted by Crippen LogP contribution is -2.36. The molecule has 1 aliphatic carbocycles. The highest BCUT2D eigenvalue weighted by Crippen LogP contribution is 2.38. The Morgan fingerprint density at radius 3 is 2.64 bits per heavy atom. The highest BCUT2D eigenvalue weighted by Gasteiger charge is 2.38. The molecule has 0 fully saturated rings. The molecule has 0 saturated carbocycles. The van der Waals surface area contributed by atoms with E-state index in [2.05, 4.69) is 26.0 Å². The first-order valence-corrected chi connectivity index (χ1v) is 8.87. The largest absolute Gasteiger partial charge is 0.455 e. The summed E-state index contributed by atoms with van der Waals surface area (Å²) >= 11 is 0. The van der Waals surface area contributed by atoms with Crippen molar-refractivity contribution in [2.24, 2.45) is 5.41 Å². The fraction of sp³-hybridized carbons (Fsp3) is 0.429. The van der Waals surface area contributed by atoms with Crippen LogP contribution in [-0.2, 0) is 19.4 Å². The van der Waals surface area contributed by atoms with E-state index in [1.807, 2.05) is 24.0 Å². The fourth-order valence-corrected chi connectivity index (χ4v) is 4.10. The van der Waals surface area contributed by atoms with Gasteiger partial charge in [-0.3, -0.25) is 9.59 Å². The van der Waals surface area contributed by atoms with E-state index in [9.17, 15) is 9.59 Å². The molecule has 0 saturated heterocycles. The molecule has 1 aliphatic heterocycles. The average molecular weight is 337 g/mol. The van der Waals surface area contributed by atoms with Crippen LogP contribution in [0.25, 0.3) is 0 Å². The highest BCUT2D eigenvalue weighted by molar-refractivity contribution is 6.03. The predicted molar refractivity (Wildman–Crippen MR) is 94.8 cm³/mol. The summed E-state index contributed by atoms with van der Waals surface area (Å²) < 4.78 is 5.93. The second-order valence-electron chi connectivity index (χ2n) is 8.04. The van der Waals surface area contributed by atoms with Crippen LogP contribution < -0.4 is 0 Å². The van der Waals surface area contributed by atoms with E-state index in [4.69, 9.17) is 4.42 Å². The topological polar surface area (TPSA) is 50.5 Å². The molecule has 2 aliphatic rings. The van der Waals surface area contributed by atoms with Crippen LogP contribution in [0.3, 0.4) is 0 Å². The third-order valence-electron chi connectivity index (χ3n) is 5.39. The smallest absolute Gasteiger partial charge is 0.290 e. The van der Waals surface area contributed by atoms with E-state index >= 15 is 0 Å². The summed E-state index contributed by atoms with van der Waals surface area (Å²) in [4.78, 5) is 27.4. The number of hydrogen-bond donors (Lipinski definition) is 0. The molecule has 0 spiro atoms. The summed E-state index contributed by atoms with van der Waals surface area (Å²) in [6, 6.07) is 8.23. The minimum atomic E-state index is -0.112. The van der Waals surface area contributed by atoms with Crippen molar-refractivity contribution in [3.63, 3.8) is 0 Å². The maximum Gasteiger partial charge on any atom is 0.290 e. The number of ketones is 1. The molecule has 2 heterocycles. The van der Waals surface area contributed by atoms with Gasteiger partial charge in [-0.2, -0.15) is 0 Å². The van der Waals surface area contributed by atoms with Crippen LogP contribution in [0, 0.1) is 12.3 Å². The molecule has 4 heteroatoms. The van der Waals surface area contributed by atoms with Crippen LogP contribution in [0.4, 0.5) is 0 Å². The zero-order valence-corrected chi connectivity index (χ0v) is 15.0. The molecule has 2 aromatic rings. The SMILES string of the molecule is Cc1c(C(=O)N2CCc3ccccc3C2)oc2c1C(=O)CC(C)(C)C2. The van der Waals surface area contributed by atoms with Crippen LogP contribution >= 0.6 is 0 Å². The third kappa shape index (κ3) is 2.70. The standard InChI is InChI=1S/C21H23NO3/c1-13-18-16(23)10-21(2,3)11-17(18)25-19(13)20(24)22-9-8-14-6-4-5-7-15(14)12-22/h4-7H,8-12H2,1-3H3. The van der Waals surface area contributed by atoms with E-state index in [0.717, 1.165) is 6.42 Å². The number of nitrogens with zero attached hydrogens (tertiary/aromatic N) is 1. The first-order valence-electron chi connectivity index (χ1n) is 8.87. The van der Waals surface area contributed by atoms with Crippen LogP contribution in [0.5, 0.6) is 0 Å². The Bertz CT molecular complexity index is 875. The van der Waals surface area contributed by atoms with Gasteiger partial charge in [0, 0.05) is 31.5 Å². The molecule has 1 aromatic carbocycles. The van der Waals surface area contributed by atoms with Crippen molar-refractivity contribution >= 4 is 11.7 Å². The van der Waals surface area contributed by atoms with Gasteiger partial charge in [-0.1, -0.05) is 38.1 Å². The van der Waals surface area contributed by atoms with Crippen molar-refractivity contribution in [3.8, 4) is 0 Å². The molecule has 0 N–H and O–H groups in total. The summed E-state index contributed by atoms with van der Waals surface area (Å²) in [5.74, 6) is 1.01. The summed E-state index contributed by atoms with van der Waals surface area (Å²) in [5.41, 5.74) is 3.73. The lowest BCUT2D eigenvalue weighted by atomic mass is 9.76. The van der Waals surface area contributed by atoms with Gasteiger partial charge < -0.3 is 9.32 Å². The van der Waals surface area contributed by atoms with E-state index in [1.165, 1.54) is 11.1 Å². The summed E-state index contributed by atoms with van der Waals surface area (Å²) in [5, 5.41) is 0. The molecular formula is C21H23NO3. The van der Waals surface area contributed by atoms with Crippen molar-refractivity contribution in [2.75, 3.05) is 6.54 Å². The first-order chi connectivity index (χ1) is 11.9. The number of fused-ring (bicyclic) bond motifs is 2. The minimum absolute atomic E-state index is 0.0931. The van der Waals surface area contributed by atoms with E-state index in [1.54, 1.807) is 0 Å². The Morgan fingerprint density at radius 1 is 1.16 bits per heavy atom. The normalized spacial score (nSPS) is 18.7. The van der Waals surface area contributed by atoms with Crippen molar-refractivity contribution in [1.29, 1.82) is 0 Å². The predicted octanol–water partition coefficient (Wildman–Crippen LogP) is 3.94. The Hall–Kier alpha value is -2.36. The van der Waals surface area contributed by atoms with Crippen LogP contribution in [0.1, 0.15) is 63.6 Å². The van der Waals surface area contributed by atoms with Gasteiger partial charge in [0.1, 0.15) is 5.76 Å². The Morgan fingerprint density at radius 2 is 1.88 bits per heavy atom. The van der Waals surface area contributed by atoms with Gasteiger partial charge in [0.15, 0.2) is 11.5 Å². The van der Waals surface area contributed by atoms with E-state index < -0.39 is 0 Å². The molecular weight excluding hydrogens is 314 g/mol. The van der Waals surface area contributed by atoms with E-state index in [0.29, 0.717) is 48.6 Å². The fourth-order valence-electron chi connectivity index (χ4n) is 4.10. The highest BCUT2D eigenvalue weighted by atomic mass is 16.4. The Balaban J connectivity index is 1.65. The van der Waals surface area contributed by atoms with E-state index in [-0.39, 0.29) is 17.1 Å². The second kappa shape index (κ2) is 5.58. The molecule has 1 amide bonds. The number of rotatable bonds is 1. The lowest BCUT2D eigenvalue weighted by Gasteiger charge is -2.28.